The van der Waals surface area contributed by atoms with Crippen molar-refractivity contribution in [1.82, 2.24) is 15.6 Å². The molecule has 1 aliphatic rings. The van der Waals surface area contributed by atoms with Gasteiger partial charge in [-0.05, 0) is 37.3 Å². The van der Waals surface area contributed by atoms with Gasteiger partial charge in [-0.1, -0.05) is 63.2 Å². The van der Waals surface area contributed by atoms with Crippen LogP contribution in [0.2, 0.25) is 0 Å². The number of benzene rings is 2. The Labute approximate surface area is 243 Å². The average molecular weight is 572 g/mol. The second kappa shape index (κ2) is 12.9. The number of hydrogen-bond donors (Lipinski definition) is 2. The molecule has 3 aromatic rings. The van der Waals surface area contributed by atoms with Crippen LogP contribution in [0.3, 0.4) is 0 Å². The van der Waals surface area contributed by atoms with Crippen LogP contribution >= 0.6 is 11.8 Å². The number of nitrogens with zero attached hydrogens (tertiary/aromatic N) is 3. The Bertz CT molecular complexity index is 1450. The molecule has 2 atom stereocenters. The topological polar surface area (TPSA) is 121 Å². The quantitative estimate of drug-likeness (QED) is 0.379. The van der Waals surface area contributed by atoms with Crippen molar-refractivity contribution >= 4 is 46.7 Å². The summed E-state index contributed by atoms with van der Waals surface area (Å²) in [7, 11) is 0. The average Bonchev–Trinajstić information content (AvgIpc) is 3.07. The van der Waals surface area contributed by atoms with Crippen LogP contribution in [0, 0.1) is 5.41 Å². The fraction of sp³-hybridized carbons (Fsp3) is 0.290. The normalized spacial score (nSPS) is 15.7. The molecule has 3 amide bonds. The molecule has 41 heavy (non-hydrogen) atoms. The molecule has 0 aliphatic carbocycles. The summed E-state index contributed by atoms with van der Waals surface area (Å²) in [6, 6.07) is 21.0. The fourth-order valence-corrected chi connectivity index (χ4v) is 4.78. The molecule has 0 saturated carbocycles. The van der Waals surface area contributed by atoms with Crippen molar-refractivity contribution in [3.8, 4) is 0 Å². The molecule has 4 rings (SSSR count). The summed E-state index contributed by atoms with van der Waals surface area (Å²) in [4.78, 5) is 64.2. The van der Waals surface area contributed by atoms with Crippen molar-refractivity contribution in [3.63, 3.8) is 0 Å². The van der Waals surface area contributed by atoms with Crippen LogP contribution in [0.15, 0.2) is 88.9 Å². The zero-order valence-electron chi connectivity index (χ0n) is 23.5. The third-order valence-corrected chi connectivity index (χ3v) is 7.43. The highest BCUT2D eigenvalue weighted by atomic mass is 32.2. The summed E-state index contributed by atoms with van der Waals surface area (Å²) in [5.41, 5.74) is 1.33. The number of anilines is 1. The predicted octanol–water partition coefficient (Wildman–Crippen LogP) is 3.62. The van der Waals surface area contributed by atoms with Crippen molar-refractivity contribution in [2.45, 2.75) is 44.8 Å². The summed E-state index contributed by atoms with van der Waals surface area (Å²) in [6.07, 6.45) is 0.268. The van der Waals surface area contributed by atoms with E-state index < -0.39 is 29.4 Å². The van der Waals surface area contributed by atoms with Crippen molar-refractivity contribution < 1.29 is 19.2 Å². The number of carbonyl (C=O) groups excluding carboxylic acids is 4. The number of carbonyl (C=O) groups is 4. The van der Waals surface area contributed by atoms with Gasteiger partial charge in [0, 0.05) is 22.1 Å². The number of Topliss-reactive ketones (excluding diaryl/α,β-unsaturated/α-hetero) is 1. The first kappa shape index (κ1) is 29.7. The third kappa shape index (κ3) is 7.46. The molecule has 0 saturated heterocycles. The van der Waals surface area contributed by atoms with Gasteiger partial charge in [-0.3, -0.25) is 24.2 Å². The lowest BCUT2D eigenvalue weighted by molar-refractivity contribution is -0.131. The number of pyridine rings is 1. The van der Waals surface area contributed by atoms with Gasteiger partial charge in [0.1, 0.15) is 6.04 Å². The monoisotopic (exact) mass is 571 g/mol. The Morgan fingerprint density at radius 2 is 1.66 bits per heavy atom. The van der Waals surface area contributed by atoms with Gasteiger partial charge in [-0.2, -0.15) is 0 Å². The molecule has 2 heterocycles. The van der Waals surface area contributed by atoms with Crippen LogP contribution in [0.1, 0.15) is 39.0 Å². The van der Waals surface area contributed by atoms with Crippen LogP contribution in [-0.4, -0.2) is 58.7 Å². The molecule has 0 fully saturated rings. The molecular weight excluding hydrogens is 538 g/mol. The second-order valence-electron chi connectivity index (χ2n) is 10.6. The minimum Gasteiger partial charge on any atom is -0.344 e. The molecule has 212 valence electrons. The van der Waals surface area contributed by atoms with E-state index in [4.69, 9.17) is 0 Å². The number of para-hydroxylation sites is 1. The molecule has 1 aliphatic heterocycles. The van der Waals surface area contributed by atoms with E-state index in [9.17, 15) is 19.2 Å². The summed E-state index contributed by atoms with van der Waals surface area (Å²) in [6.45, 7) is 6.72. The van der Waals surface area contributed by atoms with E-state index in [1.807, 2.05) is 42.5 Å². The maximum absolute atomic E-state index is 13.9. The largest absolute Gasteiger partial charge is 0.344 e. The lowest BCUT2D eigenvalue weighted by Gasteiger charge is -2.28. The molecule has 0 bridgehead atoms. The lowest BCUT2D eigenvalue weighted by Crippen LogP contribution is -2.54. The fourth-order valence-electron chi connectivity index (χ4n) is 4.05. The first-order valence-corrected chi connectivity index (χ1v) is 14.2. The zero-order valence-corrected chi connectivity index (χ0v) is 24.3. The number of benzodiazepines with no additional fused rings is 1. The highest BCUT2D eigenvalue weighted by Gasteiger charge is 2.36. The van der Waals surface area contributed by atoms with Crippen molar-refractivity contribution in [3.05, 3.63) is 90.3 Å². The van der Waals surface area contributed by atoms with Crippen molar-refractivity contribution in [2.75, 3.05) is 17.2 Å². The Balaban J connectivity index is 1.60. The Kier molecular flexibility index (Phi) is 9.34. The molecule has 0 radical (unpaired) electrons. The highest BCUT2D eigenvalue weighted by Crippen LogP contribution is 2.29. The molecular formula is C31H33N5O4S. The van der Waals surface area contributed by atoms with Gasteiger partial charge in [-0.15, -0.1) is 11.8 Å². The van der Waals surface area contributed by atoms with Gasteiger partial charge in [0.15, 0.2) is 5.78 Å². The Morgan fingerprint density at radius 1 is 0.976 bits per heavy atom. The van der Waals surface area contributed by atoms with Crippen LogP contribution in [0.4, 0.5) is 5.69 Å². The number of fused-ring (bicyclic) bond motifs is 1. The molecule has 0 spiro atoms. The number of nitrogens with one attached hydrogen (secondary N) is 2. The number of aromatic nitrogens is 1. The molecule has 2 aromatic carbocycles. The van der Waals surface area contributed by atoms with E-state index in [1.54, 1.807) is 64.2 Å². The van der Waals surface area contributed by atoms with Crippen molar-refractivity contribution in [2.24, 2.45) is 10.4 Å². The number of rotatable bonds is 9. The van der Waals surface area contributed by atoms with E-state index in [0.717, 1.165) is 4.90 Å². The summed E-state index contributed by atoms with van der Waals surface area (Å²) >= 11 is 1.35. The predicted molar refractivity (Wildman–Crippen MR) is 160 cm³/mol. The van der Waals surface area contributed by atoms with E-state index in [2.05, 4.69) is 20.6 Å². The van der Waals surface area contributed by atoms with Gasteiger partial charge in [0.2, 0.25) is 18.0 Å². The Morgan fingerprint density at radius 3 is 2.34 bits per heavy atom. The molecule has 9 nitrogen and oxygen atoms in total. The lowest BCUT2D eigenvalue weighted by atomic mass is 9.90. The van der Waals surface area contributed by atoms with E-state index in [0.29, 0.717) is 22.7 Å². The summed E-state index contributed by atoms with van der Waals surface area (Å²) < 4.78 is 0. The van der Waals surface area contributed by atoms with E-state index >= 15 is 0 Å². The third-order valence-electron chi connectivity index (χ3n) is 6.42. The maximum Gasteiger partial charge on any atom is 0.272 e. The zero-order chi connectivity index (χ0) is 29.6. The summed E-state index contributed by atoms with van der Waals surface area (Å²) in [5.74, 6) is -1.49. The minimum atomic E-state index is -1.35. The molecule has 2 N–H and O–H groups in total. The molecule has 1 aromatic heterocycles. The van der Waals surface area contributed by atoms with Gasteiger partial charge < -0.3 is 15.5 Å². The van der Waals surface area contributed by atoms with Crippen molar-refractivity contribution in [1.29, 1.82) is 0 Å². The second-order valence-corrected chi connectivity index (χ2v) is 11.7. The van der Waals surface area contributed by atoms with Gasteiger partial charge in [0.25, 0.3) is 5.91 Å². The van der Waals surface area contributed by atoms with Crippen LogP contribution in [0.25, 0.3) is 0 Å². The highest BCUT2D eigenvalue weighted by molar-refractivity contribution is 8.00. The Hall–Kier alpha value is -4.31. The minimum absolute atomic E-state index is 0.129. The van der Waals surface area contributed by atoms with Gasteiger partial charge in [-0.25, -0.2) is 4.99 Å². The number of ketones is 1. The maximum atomic E-state index is 13.9. The first-order valence-electron chi connectivity index (χ1n) is 13.3. The number of thioether (sulfide) groups is 1. The number of aliphatic imine (C=N–C) groups is 1. The van der Waals surface area contributed by atoms with Crippen LogP contribution in [-0.2, 0) is 19.2 Å². The standard InChI is InChI=1S/C31H33N5O4S/c1-20(33-26(38)19-41-21-12-6-5-7-13-21)29(39)35-28-30(40)36(18-25(37)31(2,3)4)24-16-9-8-14-22(24)27(34-28)23-15-10-11-17-32-23/h5-17,20,28H,18-19H2,1-4H3,(H,33,38)(H,35,39)/t20-,28?/m0/s1. The first-order chi connectivity index (χ1) is 19.5. The summed E-state index contributed by atoms with van der Waals surface area (Å²) in [5, 5.41) is 5.37. The molecule has 10 heteroatoms. The van der Waals surface area contributed by atoms with E-state index in [-0.39, 0.29) is 24.0 Å². The van der Waals surface area contributed by atoms with Crippen LogP contribution < -0.4 is 15.5 Å². The van der Waals surface area contributed by atoms with Gasteiger partial charge in [0.05, 0.1) is 29.4 Å². The number of hydrogen-bond acceptors (Lipinski definition) is 7. The van der Waals surface area contributed by atoms with Crippen LogP contribution in [0.5, 0.6) is 0 Å². The SMILES string of the molecule is C[C@H](NC(=O)CSc1ccccc1)C(=O)NC1N=C(c2ccccn2)c2ccccc2N(CC(=O)C(C)(C)C)C1=O. The van der Waals surface area contributed by atoms with Gasteiger partial charge >= 0.3 is 0 Å². The molecule has 1 unspecified atom stereocenters. The smallest absolute Gasteiger partial charge is 0.272 e. The number of amides is 3. The van der Waals surface area contributed by atoms with E-state index in [1.165, 1.54) is 16.7 Å².